The first-order valence-corrected chi connectivity index (χ1v) is 8.46. The van der Waals surface area contributed by atoms with E-state index < -0.39 is 11.7 Å². The van der Waals surface area contributed by atoms with E-state index in [1.165, 1.54) is 6.08 Å². The maximum atomic E-state index is 13.1. The van der Waals surface area contributed by atoms with Crippen LogP contribution in [0.3, 0.4) is 0 Å². The first-order valence-electron chi connectivity index (χ1n) is 8.46. The van der Waals surface area contributed by atoms with Gasteiger partial charge >= 0.3 is 12.2 Å². The number of carbonyl (C=O) groups is 1. The van der Waals surface area contributed by atoms with Crippen molar-refractivity contribution in [3.8, 4) is 0 Å². The van der Waals surface area contributed by atoms with Gasteiger partial charge in [-0.25, -0.2) is 4.79 Å². The molecule has 2 amide bonds. The average Bonchev–Trinajstić information content (AvgIpc) is 2.89. The molecule has 0 bridgehead atoms. The zero-order chi connectivity index (χ0) is 18.1. The number of alkyl halides is 3. The summed E-state index contributed by atoms with van der Waals surface area (Å²) < 4.78 is 40.1. The molecule has 2 unspecified atom stereocenters. The van der Waals surface area contributed by atoms with E-state index in [9.17, 15) is 18.0 Å². The summed E-state index contributed by atoms with van der Waals surface area (Å²) >= 11 is 0. The summed E-state index contributed by atoms with van der Waals surface area (Å²) in [6.45, 7) is 1.36. The van der Waals surface area contributed by atoms with Crippen LogP contribution in [0.2, 0.25) is 0 Å². The van der Waals surface area contributed by atoms with Gasteiger partial charge in [0, 0.05) is 24.6 Å². The molecular formula is C18H21F3N3O+. The Kier molecular flexibility index (Phi) is 3.19. The van der Waals surface area contributed by atoms with Crippen molar-refractivity contribution in [2.45, 2.75) is 37.0 Å². The largest absolute Gasteiger partial charge is 0.417 e. The van der Waals surface area contributed by atoms with Crippen molar-refractivity contribution in [2.75, 3.05) is 27.2 Å². The van der Waals surface area contributed by atoms with Crippen molar-refractivity contribution in [3.63, 3.8) is 0 Å². The Balaban J connectivity index is 1.69. The molecule has 4 rings (SSSR count). The number of nitrogens with zero attached hydrogens (tertiary/aromatic N) is 1. The smallest absolute Gasteiger partial charge is 0.336 e. The topological polar surface area (TPSA) is 41.1 Å². The second kappa shape index (κ2) is 4.82. The molecule has 2 aliphatic carbocycles. The molecule has 1 spiro atoms. The first kappa shape index (κ1) is 16.5. The van der Waals surface area contributed by atoms with E-state index in [4.69, 9.17) is 0 Å². The van der Waals surface area contributed by atoms with Gasteiger partial charge in [0.2, 0.25) is 0 Å². The molecule has 2 heterocycles. The fourth-order valence-electron chi connectivity index (χ4n) is 5.23. The molecule has 1 saturated carbocycles. The van der Waals surface area contributed by atoms with Crippen LogP contribution in [0, 0.1) is 5.41 Å². The van der Waals surface area contributed by atoms with Gasteiger partial charge in [-0.3, -0.25) is 0 Å². The van der Waals surface area contributed by atoms with Crippen molar-refractivity contribution in [1.29, 1.82) is 0 Å². The molecule has 0 radical (unpaired) electrons. The molecule has 0 aromatic heterocycles. The Bertz CT molecular complexity index is 784. The molecule has 2 aliphatic heterocycles. The van der Waals surface area contributed by atoms with Crippen LogP contribution < -0.4 is 10.6 Å². The van der Waals surface area contributed by atoms with Crippen LogP contribution in [0.15, 0.2) is 34.8 Å². The highest BCUT2D eigenvalue weighted by molar-refractivity contribution is 5.77. The van der Waals surface area contributed by atoms with Crippen molar-refractivity contribution in [2.24, 2.45) is 5.41 Å². The summed E-state index contributed by atoms with van der Waals surface area (Å²) in [5.74, 6) is 0. The fourth-order valence-corrected chi connectivity index (χ4v) is 5.23. The lowest BCUT2D eigenvalue weighted by molar-refractivity contribution is -0.978. The molecule has 4 aliphatic rings. The molecule has 25 heavy (non-hydrogen) atoms. The SMILES string of the molecule is C[N+]1(C)CC2(C3=C=C=CC(C(F)(F)F)=C3)CC[C@]3(CNC(=O)N3)CC21. The molecule has 3 fully saturated rings. The number of nitrogens with one attached hydrogen (secondary N) is 2. The molecule has 2 saturated heterocycles. The van der Waals surface area contributed by atoms with Crippen molar-refractivity contribution < 1.29 is 22.4 Å². The Morgan fingerprint density at radius 1 is 1.32 bits per heavy atom. The maximum Gasteiger partial charge on any atom is 0.417 e. The molecular weight excluding hydrogens is 331 g/mol. The maximum absolute atomic E-state index is 13.1. The number of urea groups is 1. The minimum atomic E-state index is -4.38. The van der Waals surface area contributed by atoms with Crippen LogP contribution in [0.4, 0.5) is 18.0 Å². The predicted molar refractivity (Wildman–Crippen MR) is 85.6 cm³/mol. The molecule has 0 aromatic rings. The Labute approximate surface area is 144 Å². The Hall–Kier alpha value is -1.94. The van der Waals surface area contributed by atoms with Crippen LogP contribution in [-0.2, 0) is 0 Å². The third kappa shape index (κ3) is 2.38. The third-order valence-electron chi connectivity index (χ3n) is 6.37. The highest BCUT2D eigenvalue weighted by atomic mass is 19.4. The van der Waals surface area contributed by atoms with Crippen LogP contribution >= 0.6 is 0 Å². The van der Waals surface area contributed by atoms with E-state index >= 15 is 0 Å². The minimum absolute atomic E-state index is 0.148. The lowest BCUT2D eigenvalue weighted by Crippen LogP contribution is -2.77. The van der Waals surface area contributed by atoms with Crippen LogP contribution in [0.1, 0.15) is 19.3 Å². The lowest BCUT2D eigenvalue weighted by atomic mass is 9.54. The van der Waals surface area contributed by atoms with Gasteiger partial charge in [-0.2, -0.15) is 13.2 Å². The molecule has 7 heteroatoms. The quantitative estimate of drug-likeness (QED) is 0.552. The summed E-state index contributed by atoms with van der Waals surface area (Å²) in [6.07, 6.45) is 0.0767. The molecule has 4 nitrogen and oxygen atoms in total. The molecule has 0 aromatic carbocycles. The van der Waals surface area contributed by atoms with Gasteiger partial charge in [0.15, 0.2) is 0 Å². The van der Waals surface area contributed by atoms with Gasteiger partial charge in [-0.15, -0.1) is 0 Å². The van der Waals surface area contributed by atoms with Crippen molar-refractivity contribution >= 4 is 6.03 Å². The average molecular weight is 352 g/mol. The van der Waals surface area contributed by atoms with Gasteiger partial charge in [0.1, 0.15) is 11.5 Å². The minimum Gasteiger partial charge on any atom is -0.336 e. The summed E-state index contributed by atoms with van der Waals surface area (Å²) in [5.41, 5.74) is 4.87. The number of likely N-dealkylation sites (tertiary alicyclic amines) is 1. The Morgan fingerprint density at radius 3 is 2.68 bits per heavy atom. The van der Waals surface area contributed by atoms with E-state index in [1.54, 1.807) is 0 Å². The van der Waals surface area contributed by atoms with Crippen LogP contribution in [-0.4, -0.2) is 55.5 Å². The number of fused-ring (bicyclic) bond motifs is 1. The summed E-state index contributed by atoms with van der Waals surface area (Å²) in [5, 5.41) is 5.87. The zero-order valence-electron chi connectivity index (χ0n) is 14.3. The summed E-state index contributed by atoms with van der Waals surface area (Å²) in [7, 11) is 4.20. The van der Waals surface area contributed by atoms with E-state index in [2.05, 4.69) is 36.2 Å². The van der Waals surface area contributed by atoms with E-state index in [1.807, 2.05) is 0 Å². The van der Waals surface area contributed by atoms with Gasteiger partial charge < -0.3 is 15.1 Å². The number of rotatable bonds is 1. The van der Waals surface area contributed by atoms with Crippen LogP contribution in [0.5, 0.6) is 0 Å². The van der Waals surface area contributed by atoms with Gasteiger partial charge in [-0.1, -0.05) is 11.5 Å². The van der Waals surface area contributed by atoms with E-state index in [0.29, 0.717) is 12.1 Å². The highest BCUT2D eigenvalue weighted by Crippen LogP contribution is 2.58. The standard InChI is InChI=1S/C18H20F3N3O/c1-24(2)11-17(12-4-3-5-13(8-12)18(19,20)21)7-6-16(9-14(17)24)10-22-15(25)23-16/h5,8,14H,6-7,9-11H2,1-2H3,(H-,22,23,25)/p+1/t14?,16-,17?/m1/s1. The number of hydrogen-bond acceptors (Lipinski definition) is 1. The normalized spacial score (nSPS) is 38.4. The van der Waals surface area contributed by atoms with E-state index in [0.717, 1.165) is 36.4 Å². The first-order chi connectivity index (χ1) is 11.6. The van der Waals surface area contributed by atoms with Gasteiger partial charge in [0.25, 0.3) is 0 Å². The fraction of sp³-hybridized carbons (Fsp3) is 0.611. The molecule has 2 N–H and O–H groups in total. The van der Waals surface area contributed by atoms with Crippen molar-refractivity contribution in [3.05, 3.63) is 34.8 Å². The summed E-state index contributed by atoms with van der Waals surface area (Å²) in [4.78, 5) is 11.6. The molecule has 134 valence electrons. The monoisotopic (exact) mass is 352 g/mol. The van der Waals surface area contributed by atoms with Gasteiger partial charge in [-0.05, 0) is 18.9 Å². The number of hydrogen-bond donors (Lipinski definition) is 2. The lowest BCUT2D eigenvalue weighted by Gasteiger charge is -2.65. The van der Waals surface area contributed by atoms with Crippen molar-refractivity contribution in [1.82, 2.24) is 10.6 Å². The molecule has 3 atom stereocenters. The van der Waals surface area contributed by atoms with Gasteiger partial charge in [0.05, 0.1) is 31.8 Å². The highest BCUT2D eigenvalue weighted by Gasteiger charge is 2.67. The second-order valence-electron chi connectivity index (χ2n) is 8.33. The number of quaternary nitrogens is 1. The zero-order valence-corrected chi connectivity index (χ0v) is 14.3. The number of allylic oxidation sites excluding steroid dienone is 3. The third-order valence-corrected chi connectivity index (χ3v) is 6.37. The second-order valence-corrected chi connectivity index (χ2v) is 8.33. The predicted octanol–water partition coefficient (Wildman–Crippen LogP) is 2.41. The van der Waals surface area contributed by atoms with Crippen LogP contribution in [0.25, 0.3) is 0 Å². The number of amides is 2. The van der Waals surface area contributed by atoms with E-state index in [-0.39, 0.29) is 23.0 Å². The number of carbonyl (C=O) groups excluding carboxylic acids is 1. The summed E-state index contributed by atoms with van der Waals surface area (Å²) in [6, 6.07) is -0.00863. The number of halogens is 3. The Morgan fingerprint density at radius 2 is 2.08 bits per heavy atom.